The molecular weight excluding hydrogens is 324 g/mol. The van der Waals surface area contributed by atoms with Crippen LogP contribution in [0.4, 0.5) is 0 Å². The van der Waals surface area contributed by atoms with Crippen LogP contribution >= 0.6 is 0 Å². The quantitative estimate of drug-likeness (QED) is 0.693. The fourth-order valence-corrected chi connectivity index (χ4v) is 2.61. The van der Waals surface area contributed by atoms with Crippen LogP contribution in [0.25, 0.3) is 11.0 Å². The van der Waals surface area contributed by atoms with Gasteiger partial charge in [-0.05, 0) is 24.3 Å². The summed E-state index contributed by atoms with van der Waals surface area (Å²) in [7, 11) is 0. The van der Waals surface area contributed by atoms with Gasteiger partial charge in [0.2, 0.25) is 12.7 Å². The topological polar surface area (TPSA) is 82.8 Å². The normalized spacial score (nSPS) is 12.3. The van der Waals surface area contributed by atoms with Gasteiger partial charge in [-0.15, -0.1) is 0 Å². The van der Waals surface area contributed by atoms with Crippen LogP contribution < -0.4 is 19.5 Å². The van der Waals surface area contributed by atoms with Crippen molar-refractivity contribution in [3.63, 3.8) is 0 Å². The van der Waals surface area contributed by atoms with Crippen LogP contribution in [0.5, 0.6) is 17.2 Å². The van der Waals surface area contributed by atoms with Gasteiger partial charge in [0.1, 0.15) is 18.1 Å². The molecule has 0 atom stereocenters. The van der Waals surface area contributed by atoms with E-state index in [9.17, 15) is 4.79 Å². The van der Waals surface area contributed by atoms with Gasteiger partial charge < -0.3 is 24.1 Å². The van der Waals surface area contributed by atoms with E-state index in [0.29, 0.717) is 41.7 Å². The fourth-order valence-electron chi connectivity index (χ4n) is 2.61. The van der Waals surface area contributed by atoms with Crippen molar-refractivity contribution in [2.45, 2.75) is 6.42 Å². The number of rotatable bonds is 6. The highest BCUT2D eigenvalue weighted by atomic mass is 16.7. The molecule has 1 amide bonds. The van der Waals surface area contributed by atoms with E-state index in [4.69, 9.17) is 18.7 Å². The van der Waals surface area contributed by atoms with Gasteiger partial charge in [-0.3, -0.25) is 4.79 Å². The Bertz CT molecular complexity index is 905. The molecule has 0 saturated heterocycles. The molecule has 1 aliphatic heterocycles. The largest absolute Gasteiger partial charge is 0.492 e. The molecule has 0 saturated carbocycles. The van der Waals surface area contributed by atoms with Gasteiger partial charge in [0, 0.05) is 11.5 Å². The van der Waals surface area contributed by atoms with E-state index in [2.05, 4.69) is 10.5 Å². The van der Waals surface area contributed by atoms with E-state index < -0.39 is 0 Å². The summed E-state index contributed by atoms with van der Waals surface area (Å²) in [6.45, 7) is 0.972. The standard InChI is InChI=1S/C18H16N2O5/c21-18(10-14-13-3-1-2-4-15(13)25-20-14)19-7-8-22-12-5-6-16-17(9-12)24-11-23-16/h1-6,9H,7-8,10-11H2,(H,19,21). The molecule has 7 nitrogen and oxygen atoms in total. The second kappa shape index (κ2) is 6.72. The first-order valence-corrected chi connectivity index (χ1v) is 7.92. The zero-order valence-corrected chi connectivity index (χ0v) is 13.4. The lowest BCUT2D eigenvalue weighted by atomic mass is 10.2. The predicted octanol–water partition coefficient (Wildman–Crippen LogP) is 2.29. The number of carbonyl (C=O) groups excluding carboxylic acids is 1. The molecule has 0 radical (unpaired) electrons. The van der Waals surface area contributed by atoms with Crippen molar-refractivity contribution >= 4 is 16.9 Å². The molecule has 3 aromatic rings. The Kier molecular flexibility index (Phi) is 4.12. The van der Waals surface area contributed by atoms with E-state index in [1.807, 2.05) is 24.3 Å². The zero-order valence-electron chi connectivity index (χ0n) is 13.4. The lowest BCUT2D eigenvalue weighted by molar-refractivity contribution is -0.120. The maximum absolute atomic E-state index is 12.0. The lowest BCUT2D eigenvalue weighted by Gasteiger charge is -2.08. The summed E-state index contributed by atoms with van der Waals surface area (Å²) in [4.78, 5) is 12.0. The Morgan fingerprint density at radius 1 is 1.16 bits per heavy atom. The summed E-state index contributed by atoms with van der Waals surface area (Å²) < 4.78 is 21.3. The van der Waals surface area contributed by atoms with Gasteiger partial charge in [0.15, 0.2) is 17.1 Å². The van der Waals surface area contributed by atoms with E-state index in [1.165, 1.54) is 0 Å². The molecule has 128 valence electrons. The Morgan fingerprint density at radius 3 is 3.00 bits per heavy atom. The van der Waals surface area contributed by atoms with Crippen molar-refractivity contribution in [2.24, 2.45) is 0 Å². The Balaban J connectivity index is 1.25. The molecule has 0 aliphatic carbocycles. The van der Waals surface area contributed by atoms with E-state index in [-0.39, 0.29) is 19.1 Å². The van der Waals surface area contributed by atoms with Crippen molar-refractivity contribution in [3.8, 4) is 17.2 Å². The van der Waals surface area contributed by atoms with E-state index >= 15 is 0 Å². The molecular formula is C18H16N2O5. The predicted molar refractivity (Wildman–Crippen MR) is 88.8 cm³/mol. The third-order valence-electron chi connectivity index (χ3n) is 3.82. The van der Waals surface area contributed by atoms with Crippen molar-refractivity contribution in [1.82, 2.24) is 10.5 Å². The van der Waals surface area contributed by atoms with Gasteiger partial charge in [-0.2, -0.15) is 0 Å². The molecule has 1 N–H and O–H groups in total. The molecule has 0 fully saturated rings. The van der Waals surface area contributed by atoms with Crippen LogP contribution in [-0.4, -0.2) is 31.0 Å². The first kappa shape index (κ1) is 15.3. The number of amides is 1. The van der Waals surface area contributed by atoms with Crippen molar-refractivity contribution < 1.29 is 23.5 Å². The molecule has 0 unspecified atom stereocenters. The number of para-hydroxylation sites is 1. The summed E-state index contributed by atoms with van der Waals surface area (Å²) in [5, 5.41) is 7.61. The van der Waals surface area contributed by atoms with Gasteiger partial charge in [0.25, 0.3) is 0 Å². The third kappa shape index (κ3) is 3.35. The van der Waals surface area contributed by atoms with Crippen LogP contribution in [-0.2, 0) is 11.2 Å². The van der Waals surface area contributed by atoms with Crippen LogP contribution in [0, 0.1) is 0 Å². The molecule has 1 aliphatic rings. The highest BCUT2D eigenvalue weighted by molar-refractivity contribution is 5.86. The van der Waals surface area contributed by atoms with Crippen LogP contribution in [0.2, 0.25) is 0 Å². The molecule has 1 aromatic heterocycles. The summed E-state index contributed by atoms with van der Waals surface area (Å²) in [5.74, 6) is 1.91. The number of hydrogen-bond acceptors (Lipinski definition) is 6. The first-order valence-electron chi connectivity index (χ1n) is 7.92. The van der Waals surface area contributed by atoms with Crippen LogP contribution in [0.1, 0.15) is 5.69 Å². The Morgan fingerprint density at radius 2 is 2.04 bits per heavy atom. The van der Waals surface area contributed by atoms with Crippen molar-refractivity contribution in [2.75, 3.05) is 19.9 Å². The van der Waals surface area contributed by atoms with Gasteiger partial charge in [-0.1, -0.05) is 17.3 Å². The number of aromatic nitrogens is 1. The maximum atomic E-state index is 12.0. The summed E-state index contributed by atoms with van der Waals surface area (Å²) in [6.07, 6.45) is 0.168. The lowest BCUT2D eigenvalue weighted by Crippen LogP contribution is -2.29. The third-order valence-corrected chi connectivity index (χ3v) is 3.82. The maximum Gasteiger partial charge on any atom is 0.231 e. The molecule has 2 heterocycles. The van der Waals surface area contributed by atoms with Crippen LogP contribution in [0.3, 0.4) is 0 Å². The van der Waals surface area contributed by atoms with Gasteiger partial charge in [-0.25, -0.2) is 0 Å². The molecule has 4 rings (SSSR count). The second-order valence-corrected chi connectivity index (χ2v) is 5.52. The highest BCUT2D eigenvalue weighted by Gasteiger charge is 2.14. The first-order chi connectivity index (χ1) is 12.3. The number of benzene rings is 2. The number of ether oxygens (including phenoxy) is 3. The second-order valence-electron chi connectivity index (χ2n) is 5.52. The van der Waals surface area contributed by atoms with E-state index in [0.717, 1.165) is 5.39 Å². The molecule has 25 heavy (non-hydrogen) atoms. The zero-order chi connectivity index (χ0) is 17.1. The number of fused-ring (bicyclic) bond motifs is 2. The van der Waals surface area contributed by atoms with Crippen molar-refractivity contribution in [3.05, 3.63) is 48.2 Å². The average Bonchev–Trinajstić information content (AvgIpc) is 3.25. The summed E-state index contributed by atoms with van der Waals surface area (Å²) in [5.41, 5.74) is 1.31. The van der Waals surface area contributed by atoms with Gasteiger partial charge >= 0.3 is 0 Å². The number of nitrogens with one attached hydrogen (secondary N) is 1. The number of hydrogen-bond donors (Lipinski definition) is 1. The Hall–Kier alpha value is -3.22. The molecule has 2 aromatic carbocycles. The molecule has 0 spiro atoms. The number of nitrogens with zero attached hydrogens (tertiary/aromatic N) is 1. The summed E-state index contributed by atoms with van der Waals surface area (Å²) >= 11 is 0. The van der Waals surface area contributed by atoms with Crippen molar-refractivity contribution in [1.29, 1.82) is 0 Å². The highest BCUT2D eigenvalue weighted by Crippen LogP contribution is 2.34. The number of carbonyl (C=O) groups is 1. The minimum absolute atomic E-state index is 0.131. The SMILES string of the molecule is O=C(Cc1noc2ccccc12)NCCOc1ccc2c(c1)OCO2. The minimum Gasteiger partial charge on any atom is -0.492 e. The van der Waals surface area contributed by atoms with E-state index in [1.54, 1.807) is 18.2 Å². The minimum atomic E-state index is -0.131. The fraction of sp³-hybridized carbons (Fsp3) is 0.222. The average molecular weight is 340 g/mol. The Labute approximate surface area is 143 Å². The van der Waals surface area contributed by atoms with Gasteiger partial charge in [0.05, 0.1) is 13.0 Å². The summed E-state index contributed by atoms with van der Waals surface area (Å²) in [6, 6.07) is 12.8. The molecule has 7 heteroatoms. The molecule has 0 bridgehead atoms. The smallest absolute Gasteiger partial charge is 0.231 e. The monoisotopic (exact) mass is 340 g/mol. The van der Waals surface area contributed by atoms with Crippen LogP contribution in [0.15, 0.2) is 47.0 Å².